The van der Waals surface area contributed by atoms with Crippen molar-refractivity contribution in [3.8, 4) is 0 Å². The molecule has 1 unspecified atom stereocenters. The number of aliphatic hydroxyl groups excluding tert-OH is 1. The van der Waals surface area contributed by atoms with Gasteiger partial charge in [-0.05, 0) is 13.3 Å². The highest BCUT2D eigenvalue weighted by Crippen LogP contribution is 2.15. The number of aliphatic hydroxyl groups is 1. The maximum absolute atomic E-state index is 11.4. The molecule has 1 rings (SSSR count). The van der Waals surface area contributed by atoms with Crippen LogP contribution in [-0.4, -0.2) is 42.4 Å². The number of nitrogens with two attached hydrogens (primary N) is 1. The largest absolute Gasteiger partial charge is 0.392 e. The summed E-state index contributed by atoms with van der Waals surface area (Å²) < 4.78 is 5.04. The van der Waals surface area contributed by atoms with Gasteiger partial charge in [0.25, 0.3) is 0 Å². The molecular weight excluding hydrogens is 172 g/mol. The van der Waals surface area contributed by atoms with E-state index >= 15 is 0 Å². The minimum absolute atomic E-state index is 0.234. The fraction of sp³-hybridized carbons (Fsp3) is 0.875. The number of carbonyl (C=O) groups is 1. The van der Waals surface area contributed by atoms with Gasteiger partial charge in [0.15, 0.2) is 0 Å². The summed E-state index contributed by atoms with van der Waals surface area (Å²) in [6, 6.07) is 0. The number of nitrogens with one attached hydrogen (secondary N) is 1. The Balaban J connectivity index is 2.38. The van der Waals surface area contributed by atoms with E-state index in [-0.39, 0.29) is 19.1 Å². The Bertz CT molecular complexity index is 188. The van der Waals surface area contributed by atoms with Gasteiger partial charge in [0.2, 0.25) is 5.91 Å². The van der Waals surface area contributed by atoms with E-state index in [1.54, 1.807) is 6.92 Å². The lowest BCUT2D eigenvalue weighted by atomic mass is 9.99. The topological polar surface area (TPSA) is 84.6 Å². The second-order valence-electron chi connectivity index (χ2n) is 3.52. The molecule has 0 bridgehead atoms. The number of hydrogen-bond acceptors (Lipinski definition) is 4. The monoisotopic (exact) mass is 188 g/mol. The van der Waals surface area contributed by atoms with Crippen LogP contribution in [-0.2, 0) is 9.53 Å². The second-order valence-corrected chi connectivity index (χ2v) is 3.52. The maximum atomic E-state index is 11.4. The predicted octanol–water partition coefficient (Wildman–Crippen LogP) is -1.40. The van der Waals surface area contributed by atoms with Crippen LogP contribution in [0.5, 0.6) is 0 Å². The van der Waals surface area contributed by atoms with E-state index in [2.05, 4.69) is 5.32 Å². The summed E-state index contributed by atoms with van der Waals surface area (Å²) in [7, 11) is 0. The first-order valence-corrected chi connectivity index (χ1v) is 4.37. The highest BCUT2D eigenvalue weighted by Gasteiger charge is 2.37. The third-order valence-corrected chi connectivity index (χ3v) is 2.06. The van der Waals surface area contributed by atoms with Crippen molar-refractivity contribution in [3.05, 3.63) is 0 Å². The summed E-state index contributed by atoms with van der Waals surface area (Å²) in [5.41, 5.74) is 4.88. The van der Waals surface area contributed by atoms with Crippen molar-refractivity contribution in [1.29, 1.82) is 0 Å². The molecule has 76 valence electrons. The van der Waals surface area contributed by atoms with Crippen molar-refractivity contribution in [2.45, 2.75) is 25.0 Å². The molecule has 5 nitrogen and oxygen atoms in total. The Labute approximate surface area is 77.2 Å². The van der Waals surface area contributed by atoms with E-state index in [1.165, 1.54) is 0 Å². The third-order valence-electron chi connectivity index (χ3n) is 2.06. The van der Waals surface area contributed by atoms with Gasteiger partial charge in [-0.1, -0.05) is 0 Å². The summed E-state index contributed by atoms with van der Waals surface area (Å²) in [6.07, 6.45) is -0.00610. The Morgan fingerprint density at radius 2 is 2.54 bits per heavy atom. The lowest BCUT2D eigenvalue weighted by Crippen LogP contribution is -2.55. The molecule has 0 saturated carbocycles. The summed E-state index contributed by atoms with van der Waals surface area (Å²) in [5, 5.41) is 11.5. The molecule has 13 heavy (non-hydrogen) atoms. The van der Waals surface area contributed by atoms with Crippen LogP contribution < -0.4 is 11.1 Å². The molecule has 0 aliphatic carbocycles. The van der Waals surface area contributed by atoms with Gasteiger partial charge in [-0.2, -0.15) is 0 Å². The summed E-state index contributed by atoms with van der Waals surface area (Å²) in [6.45, 7) is 2.63. The van der Waals surface area contributed by atoms with Crippen LogP contribution in [0.3, 0.4) is 0 Å². The van der Waals surface area contributed by atoms with Gasteiger partial charge in [0.1, 0.15) is 5.54 Å². The molecular formula is C8H16N2O3. The van der Waals surface area contributed by atoms with Crippen molar-refractivity contribution in [2.75, 3.05) is 19.8 Å². The normalized spacial score (nSPS) is 30.1. The standard InChI is InChI=1S/C8H16N2O3/c1-6(11)4-10-7(12)8(9)2-3-13-5-8/h6,11H,2-5,9H2,1H3,(H,10,12)/t6-,8?/m1/s1. The van der Waals surface area contributed by atoms with Crippen molar-refractivity contribution in [2.24, 2.45) is 5.73 Å². The van der Waals surface area contributed by atoms with E-state index in [9.17, 15) is 4.79 Å². The number of amides is 1. The summed E-state index contributed by atoms with van der Waals surface area (Å²) in [5.74, 6) is -0.245. The zero-order valence-corrected chi connectivity index (χ0v) is 7.75. The second kappa shape index (κ2) is 4.04. The van der Waals surface area contributed by atoms with E-state index in [1.807, 2.05) is 0 Å². The van der Waals surface area contributed by atoms with E-state index in [4.69, 9.17) is 15.6 Å². The first-order chi connectivity index (χ1) is 6.04. The third kappa shape index (κ3) is 2.65. The van der Waals surface area contributed by atoms with E-state index in [0.29, 0.717) is 13.0 Å². The smallest absolute Gasteiger partial charge is 0.242 e. The maximum Gasteiger partial charge on any atom is 0.242 e. The van der Waals surface area contributed by atoms with Crippen molar-refractivity contribution < 1.29 is 14.6 Å². The number of rotatable bonds is 3. The molecule has 1 aliphatic rings. The van der Waals surface area contributed by atoms with E-state index in [0.717, 1.165) is 0 Å². The minimum Gasteiger partial charge on any atom is -0.392 e. The molecule has 1 amide bonds. The fourth-order valence-corrected chi connectivity index (χ4v) is 1.18. The first-order valence-electron chi connectivity index (χ1n) is 4.37. The summed E-state index contributed by atoms with van der Waals surface area (Å²) in [4.78, 5) is 11.4. The van der Waals surface area contributed by atoms with Gasteiger partial charge in [0, 0.05) is 13.2 Å². The van der Waals surface area contributed by atoms with Crippen LogP contribution in [0.2, 0.25) is 0 Å². The molecule has 0 spiro atoms. The molecule has 1 fully saturated rings. The van der Waals surface area contributed by atoms with Crippen molar-refractivity contribution in [3.63, 3.8) is 0 Å². The van der Waals surface area contributed by atoms with Crippen LogP contribution in [0.25, 0.3) is 0 Å². The average molecular weight is 188 g/mol. The number of hydrogen-bond donors (Lipinski definition) is 3. The highest BCUT2D eigenvalue weighted by atomic mass is 16.5. The lowest BCUT2D eigenvalue weighted by Gasteiger charge is -2.20. The molecule has 1 heterocycles. The Kier molecular flexibility index (Phi) is 3.24. The number of carbonyl (C=O) groups excluding carboxylic acids is 1. The van der Waals surface area contributed by atoms with Gasteiger partial charge in [-0.15, -0.1) is 0 Å². The van der Waals surface area contributed by atoms with Gasteiger partial charge in [-0.3, -0.25) is 4.79 Å². The molecule has 0 radical (unpaired) electrons. The predicted molar refractivity (Wildman–Crippen MR) is 47.0 cm³/mol. The van der Waals surface area contributed by atoms with Gasteiger partial charge >= 0.3 is 0 Å². The first kappa shape index (κ1) is 10.4. The quantitative estimate of drug-likeness (QED) is 0.508. The Morgan fingerprint density at radius 3 is 3.00 bits per heavy atom. The van der Waals surface area contributed by atoms with Crippen molar-refractivity contribution in [1.82, 2.24) is 5.32 Å². The van der Waals surface area contributed by atoms with Crippen LogP contribution in [0.15, 0.2) is 0 Å². The van der Waals surface area contributed by atoms with E-state index < -0.39 is 11.6 Å². The zero-order valence-electron chi connectivity index (χ0n) is 7.75. The van der Waals surface area contributed by atoms with Gasteiger partial charge < -0.3 is 20.9 Å². The van der Waals surface area contributed by atoms with Crippen molar-refractivity contribution >= 4 is 5.91 Å². The fourth-order valence-electron chi connectivity index (χ4n) is 1.18. The Morgan fingerprint density at radius 1 is 1.85 bits per heavy atom. The highest BCUT2D eigenvalue weighted by molar-refractivity contribution is 5.86. The molecule has 0 aromatic carbocycles. The number of ether oxygens (including phenoxy) is 1. The van der Waals surface area contributed by atoms with Crippen LogP contribution in [0.1, 0.15) is 13.3 Å². The molecule has 4 N–H and O–H groups in total. The molecule has 1 saturated heterocycles. The molecule has 2 atom stereocenters. The zero-order chi connectivity index (χ0) is 9.90. The molecule has 1 aliphatic heterocycles. The lowest BCUT2D eigenvalue weighted by molar-refractivity contribution is -0.126. The minimum atomic E-state index is -0.894. The molecule has 0 aromatic rings. The molecule has 0 aromatic heterocycles. The molecule has 5 heteroatoms. The summed E-state index contributed by atoms with van der Waals surface area (Å²) >= 11 is 0. The van der Waals surface area contributed by atoms with Crippen LogP contribution >= 0.6 is 0 Å². The average Bonchev–Trinajstić information content (AvgIpc) is 2.49. The van der Waals surface area contributed by atoms with Crippen LogP contribution in [0.4, 0.5) is 0 Å². The van der Waals surface area contributed by atoms with Gasteiger partial charge in [0.05, 0.1) is 12.7 Å². The SMILES string of the molecule is C[C@@H](O)CNC(=O)C1(N)CCOC1. The van der Waals surface area contributed by atoms with Crippen LogP contribution in [0, 0.1) is 0 Å². The Hall–Kier alpha value is -0.650. The van der Waals surface area contributed by atoms with Gasteiger partial charge in [-0.25, -0.2) is 0 Å².